The molecule has 18 heavy (non-hydrogen) atoms. The van der Waals surface area contributed by atoms with E-state index < -0.39 is 0 Å². The molecule has 0 unspecified atom stereocenters. The molecule has 0 aliphatic heterocycles. The van der Waals surface area contributed by atoms with Crippen LogP contribution in [0.2, 0.25) is 0 Å². The molecule has 1 aromatic carbocycles. The lowest BCUT2D eigenvalue weighted by Crippen LogP contribution is -2.23. The van der Waals surface area contributed by atoms with Crippen molar-refractivity contribution in [2.24, 2.45) is 0 Å². The topological polar surface area (TPSA) is 68.0 Å². The zero-order valence-corrected chi connectivity index (χ0v) is 10.6. The summed E-state index contributed by atoms with van der Waals surface area (Å²) in [4.78, 5) is 15.2. The number of aryl methyl sites for hydroxylation is 1. The average Bonchev–Trinajstić information content (AvgIpc) is 2.77. The molecule has 0 aliphatic carbocycles. The summed E-state index contributed by atoms with van der Waals surface area (Å²) < 4.78 is 5.15. The lowest BCUT2D eigenvalue weighted by molar-refractivity contribution is -0.119. The zero-order valence-electron chi connectivity index (χ0n) is 10.6. The van der Waals surface area contributed by atoms with E-state index in [0.29, 0.717) is 11.7 Å². The molecule has 5 heteroatoms. The lowest BCUT2D eigenvalue weighted by atomic mass is 10.1. The van der Waals surface area contributed by atoms with Crippen LogP contribution >= 0.6 is 0 Å². The monoisotopic (exact) mass is 245 g/mol. The Labute approximate surface area is 105 Å². The maximum Gasteiger partial charge on any atom is 0.249 e. The van der Waals surface area contributed by atoms with E-state index in [9.17, 15) is 4.79 Å². The van der Waals surface area contributed by atoms with Crippen LogP contribution in [0.4, 0.5) is 0 Å². The maximum atomic E-state index is 10.9. The van der Waals surface area contributed by atoms with Crippen molar-refractivity contribution in [3.05, 3.63) is 35.7 Å². The highest BCUT2D eigenvalue weighted by atomic mass is 16.5. The van der Waals surface area contributed by atoms with Gasteiger partial charge in [0, 0.05) is 12.5 Å². The summed E-state index contributed by atoms with van der Waals surface area (Å²) in [5, 5.41) is 6.62. The highest BCUT2D eigenvalue weighted by Crippen LogP contribution is 2.19. The average molecular weight is 245 g/mol. The Bertz CT molecular complexity index is 563. The molecule has 0 saturated heterocycles. The maximum absolute atomic E-state index is 10.9. The number of rotatable bonds is 3. The van der Waals surface area contributed by atoms with E-state index in [0.717, 1.165) is 11.1 Å². The predicted molar refractivity (Wildman–Crippen MR) is 66.7 cm³/mol. The molecule has 0 saturated carbocycles. The second kappa shape index (κ2) is 5.00. The van der Waals surface area contributed by atoms with Crippen LogP contribution in [0.1, 0.15) is 31.3 Å². The third kappa shape index (κ3) is 2.74. The van der Waals surface area contributed by atoms with Crippen molar-refractivity contribution in [3.63, 3.8) is 0 Å². The molecule has 94 valence electrons. The molecule has 0 fully saturated rings. The van der Waals surface area contributed by atoms with E-state index >= 15 is 0 Å². The van der Waals surface area contributed by atoms with E-state index in [1.807, 2.05) is 31.2 Å². The van der Waals surface area contributed by atoms with Crippen molar-refractivity contribution in [3.8, 4) is 11.4 Å². The first-order valence-electron chi connectivity index (χ1n) is 5.74. The van der Waals surface area contributed by atoms with Crippen LogP contribution < -0.4 is 5.32 Å². The second-order valence-electron chi connectivity index (χ2n) is 4.25. The van der Waals surface area contributed by atoms with Crippen LogP contribution in [-0.4, -0.2) is 16.0 Å². The van der Waals surface area contributed by atoms with Gasteiger partial charge in [0.1, 0.15) is 6.04 Å². The molecule has 0 bridgehead atoms. The molecule has 1 heterocycles. The standard InChI is InChI=1S/C13H15N3O2/c1-8-5-4-6-11(7-8)12-15-13(18-16-12)9(2)14-10(3)17/h4-7,9H,1-3H3,(H,14,17)/t9-/m1/s1. The summed E-state index contributed by atoms with van der Waals surface area (Å²) in [6.07, 6.45) is 0. The Balaban J connectivity index is 2.22. The molecule has 2 rings (SSSR count). The summed E-state index contributed by atoms with van der Waals surface area (Å²) in [5.41, 5.74) is 2.04. The van der Waals surface area contributed by atoms with E-state index in [1.54, 1.807) is 6.92 Å². The first-order chi connectivity index (χ1) is 8.56. The highest BCUT2D eigenvalue weighted by molar-refractivity contribution is 5.73. The van der Waals surface area contributed by atoms with Gasteiger partial charge in [0.25, 0.3) is 0 Å². The highest BCUT2D eigenvalue weighted by Gasteiger charge is 2.15. The number of hydrogen-bond donors (Lipinski definition) is 1. The minimum absolute atomic E-state index is 0.127. The number of carbonyl (C=O) groups is 1. The molecule has 2 aromatic rings. The van der Waals surface area contributed by atoms with Crippen molar-refractivity contribution in [2.75, 3.05) is 0 Å². The quantitative estimate of drug-likeness (QED) is 0.900. The zero-order chi connectivity index (χ0) is 13.1. The van der Waals surface area contributed by atoms with Gasteiger partial charge in [-0.25, -0.2) is 0 Å². The Morgan fingerprint density at radius 3 is 2.89 bits per heavy atom. The van der Waals surface area contributed by atoms with Gasteiger partial charge in [-0.05, 0) is 19.9 Å². The molecule has 1 N–H and O–H groups in total. The first kappa shape index (κ1) is 12.3. The van der Waals surface area contributed by atoms with Gasteiger partial charge in [0.2, 0.25) is 17.6 Å². The van der Waals surface area contributed by atoms with Crippen LogP contribution in [0.3, 0.4) is 0 Å². The fraction of sp³-hybridized carbons (Fsp3) is 0.308. The molecule has 1 amide bonds. The molecule has 0 aliphatic rings. The second-order valence-corrected chi connectivity index (χ2v) is 4.25. The Morgan fingerprint density at radius 2 is 2.22 bits per heavy atom. The Hall–Kier alpha value is -2.17. The third-order valence-corrected chi connectivity index (χ3v) is 2.51. The molecule has 5 nitrogen and oxygen atoms in total. The summed E-state index contributed by atoms with van der Waals surface area (Å²) in [5.74, 6) is 0.811. The van der Waals surface area contributed by atoms with Crippen LogP contribution in [0, 0.1) is 6.92 Å². The summed E-state index contributed by atoms with van der Waals surface area (Å²) >= 11 is 0. The van der Waals surface area contributed by atoms with Crippen molar-refractivity contribution in [1.29, 1.82) is 0 Å². The summed E-state index contributed by atoms with van der Waals surface area (Å²) in [7, 11) is 0. The minimum Gasteiger partial charge on any atom is -0.345 e. The largest absolute Gasteiger partial charge is 0.345 e. The number of amides is 1. The van der Waals surface area contributed by atoms with Gasteiger partial charge >= 0.3 is 0 Å². The normalized spacial score (nSPS) is 12.2. The molecule has 0 radical (unpaired) electrons. The fourth-order valence-corrected chi connectivity index (χ4v) is 1.68. The predicted octanol–water partition coefficient (Wildman–Crippen LogP) is 2.24. The van der Waals surface area contributed by atoms with E-state index in [1.165, 1.54) is 6.92 Å². The number of benzene rings is 1. The van der Waals surface area contributed by atoms with Gasteiger partial charge < -0.3 is 9.84 Å². The molecule has 1 aromatic heterocycles. The summed E-state index contributed by atoms with van der Waals surface area (Å²) in [6, 6.07) is 7.57. The Kier molecular flexibility index (Phi) is 3.41. The van der Waals surface area contributed by atoms with Crippen LogP contribution in [0.5, 0.6) is 0 Å². The smallest absolute Gasteiger partial charge is 0.249 e. The fourth-order valence-electron chi connectivity index (χ4n) is 1.68. The van der Waals surface area contributed by atoms with E-state index in [4.69, 9.17) is 4.52 Å². The molecule has 1 atom stereocenters. The van der Waals surface area contributed by atoms with Crippen molar-refractivity contribution >= 4 is 5.91 Å². The van der Waals surface area contributed by atoms with Gasteiger partial charge in [0.15, 0.2) is 0 Å². The van der Waals surface area contributed by atoms with Gasteiger partial charge in [-0.15, -0.1) is 0 Å². The lowest BCUT2D eigenvalue weighted by Gasteiger charge is -2.05. The van der Waals surface area contributed by atoms with Crippen molar-refractivity contribution in [2.45, 2.75) is 26.8 Å². The Morgan fingerprint density at radius 1 is 1.44 bits per heavy atom. The number of hydrogen-bond acceptors (Lipinski definition) is 4. The summed E-state index contributed by atoms with van der Waals surface area (Å²) in [6.45, 7) is 5.26. The van der Waals surface area contributed by atoms with Gasteiger partial charge in [0.05, 0.1) is 0 Å². The van der Waals surface area contributed by atoms with Gasteiger partial charge in [-0.3, -0.25) is 4.79 Å². The first-order valence-corrected chi connectivity index (χ1v) is 5.74. The van der Waals surface area contributed by atoms with Crippen LogP contribution in [0.15, 0.2) is 28.8 Å². The molecule has 0 spiro atoms. The van der Waals surface area contributed by atoms with Crippen molar-refractivity contribution in [1.82, 2.24) is 15.5 Å². The van der Waals surface area contributed by atoms with Crippen LogP contribution in [0.25, 0.3) is 11.4 Å². The third-order valence-electron chi connectivity index (χ3n) is 2.51. The van der Waals surface area contributed by atoms with Crippen molar-refractivity contribution < 1.29 is 9.32 Å². The van der Waals surface area contributed by atoms with Gasteiger partial charge in [-0.1, -0.05) is 28.9 Å². The number of nitrogens with one attached hydrogen (secondary N) is 1. The number of aromatic nitrogens is 2. The van der Waals surface area contributed by atoms with Crippen LogP contribution in [-0.2, 0) is 4.79 Å². The molecular formula is C13H15N3O2. The SMILES string of the molecule is CC(=O)N[C@H](C)c1nc(-c2cccc(C)c2)no1. The number of carbonyl (C=O) groups excluding carboxylic acids is 1. The minimum atomic E-state index is -0.284. The van der Waals surface area contributed by atoms with E-state index in [2.05, 4.69) is 15.5 Å². The van der Waals surface area contributed by atoms with Gasteiger partial charge in [-0.2, -0.15) is 4.98 Å². The number of nitrogens with zero attached hydrogens (tertiary/aromatic N) is 2. The van der Waals surface area contributed by atoms with E-state index in [-0.39, 0.29) is 11.9 Å². The molecular weight excluding hydrogens is 230 g/mol.